The van der Waals surface area contributed by atoms with Crippen molar-refractivity contribution in [3.05, 3.63) is 71.8 Å². The van der Waals surface area contributed by atoms with Crippen LogP contribution in [0.2, 0.25) is 0 Å². The highest BCUT2D eigenvalue weighted by molar-refractivity contribution is 5.38. The number of rotatable bonds is 4. The molecule has 0 radical (unpaired) electrons. The van der Waals surface area contributed by atoms with E-state index in [4.69, 9.17) is 0 Å². The van der Waals surface area contributed by atoms with Crippen LogP contribution < -0.4 is 0 Å². The summed E-state index contributed by atoms with van der Waals surface area (Å²) in [6.07, 6.45) is 0. The summed E-state index contributed by atoms with van der Waals surface area (Å²) in [5.41, 5.74) is 1.92. The van der Waals surface area contributed by atoms with E-state index >= 15 is 0 Å². The van der Waals surface area contributed by atoms with Crippen LogP contribution in [0.1, 0.15) is 25.0 Å². The topological polar surface area (TPSA) is 31.2 Å². The van der Waals surface area contributed by atoms with E-state index in [1.54, 1.807) is 0 Å². The minimum Gasteiger partial charge on any atom is -0.242 e. The second-order valence-electron chi connectivity index (χ2n) is 5.01. The fourth-order valence-corrected chi connectivity index (χ4v) is 3.05. The molecule has 4 heteroatoms. The first-order valence-corrected chi connectivity index (χ1v) is 7.42. The van der Waals surface area contributed by atoms with Crippen LogP contribution in [0.4, 0.5) is 0 Å². The average Bonchev–Trinajstić information content (AvgIpc) is 2.95. The summed E-state index contributed by atoms with van der Waals surface area (Å²) in [7, 11) is 0. The summed E-state index contributed by atoms with van der Waals surface area (Å²) in [6, 6.07) is 20.9. The van der Waals surface area contributed by atoms with Crippen molar-refractivity contribution in [2.75, 3.05) is 13.1 Å². The van der Waals surface area contributed by atoms with E-state index in [9.17, 15) is 0 Å². The number of nitrogens with zero attached hydrogens (tertiary/aromatic N) is 4. The van der Waals surface area contributed by atoms with Crippen LogP contribution in [-0.4, -0.2) is 23.1 Å². The Morgan fingerprint density at radius 3 is 1.43 bits per heavy atom. The van der Waals surface area contributed by atoms with E-state index in [1.165, 1.54) is 11.1 Å². The molecule has 0 saturated heterocycles. The highest BCUT2D eigenvalue weighted by atomic mass is 15.8. The molecule has 2 aromatic rings. The molecule has 0 unspecified atom stereocenters. The van der Waals surface area contributed by atoms with E-state index in [1.807, 2.05) is 12.1 Å². The molecule has 1 aliphatic rings. The Balaban J connectivity index is 2.25. The van der Waals surface area contributed by atoms with Crippen LogP contribution in [0.25, 0.3) is 0 Å². The predicted octanol–water partition coefficient (Wildman–Crippen LogP) is 3.83. The van der Waals surface area contributed by atoms with Gasteiger partial charge in [0.05, 0.1) is 0 Å². The minimum absolute atomic E-state index is 0.452. The standard InChI is InChI=1S/C17H20N4/c1-3-20-17(21(4-2)19-18-20,15-11-7-5-8-12-15)16-13-9-6-10-14-16/h5-14H,3-4H2,1-2H3. The fraction of sp³-hybridized carbons (Fsp3) is 0.294. The summed E-state index contributed by atoms with van der Waals surface area (Å²) in [6.45, 7) is 5.81. The molecule has 108 valence electrons. The Labute approximate surface area is 125 Å². The van der Waals surface area contributed by atoms with Gasteiger partial charge in [0.25, 0.3) is 0 Å². The highest BCUT2D eigenvalue weighted by Crippen LogP contribution is 2.43. The fourth-order valence-electron chi connectivity index (χ4n) is 3.05. The van der Waals surface area contributed by atoms with Crippen molar-refractivity contribution in [2.24, 2.45) is 10.4 Å². The lowest BCUT2D eigenvalue weighted by atomic mass is 9.89. The molecule has 0 amide bonds. The first-order valence-electron chi connectivity index (χ1n) is 7.42. The van der Waals surface area contributed by atoms with Gasteiger partial charge in [0.2, 0.25) is 0 Å². The number of benzene rings is 2. The predicted molar refractivity (Wildman–Crippen MR) is 83.3 cm³/mol. The summed E-state index contributed by atoms with van der Waals surface area (Å²) in [5, 5.41) is 12.9. The van der Waals surface area contributed by atoms with Gasteiger partial charge >= 0.3 is 0 Å². The van der Waals surface area contributed by atoms with Crippen molar-refractivity contribution in [2.45, 2.75) is 19.5 Å². The normalized spacial score (nSPS) is 16.5. The van der Waals surface area contributed by atoms with Crippen LogP contribution >= 0.6 is 0 Å². The Morgan fingerprint density at radius 2 is 1.10 bits per heavy atom. The zero-order valence-electron chi connectivity index (χ0n) is 12.5. The minimum atomic E-state index is -0.452. The summed E-state index contributed by atoms with van der Waals surface area (Å²) in [4.78, 5) is 0. The van der Waals surface area contributed by atoms with E-state index < -0.39 is 5.66 Å². The second kappa shape index (κ2) is 5.56. The molecule has 0 fully saturated rings. The van der Waals surface area contributed by atoms with Gasteiger partial charge in [-0.05, 0) is 13.8 Å². The maximum atomic E-state index is 4.40. The van der Waals surface area contributed by atoms with Crippen molar-refractivity contribution in [3.8, 4) is 0 Å². The van der Waals surface area contributed by atoms with Gasteiger partial charge in [0.15, 0.2) is 5.66 Å². The Hall–Kier alpha value is -2.36. The molecule has 21 heavy (non-hydrogen) atoms. The first-order chi connectivity index (χ1) is 10.3. The van der Waals surface area contributed by atoms with Gasteiger partial charge in [-0.25, -0.2) is 10.0 Å². The molecule has 0 bridgehead atoms. The van der Waals surface area contributed by atoms with Crippen LogP contribution in [-0.2, 0) is 5.66 Å². The molecule has 2 aromatic carbocycles. The summed E-state index contributed by atoms with van der Waals surface area (Å²) in [5.74, 6) is 0. The summed E-state index contributed by atoms with van der Waals surface area (Å²) >= 11 is 0. The lowest BCUT2D eigenvalue weighted by Crippen LogP contribution is -2.51. The number of hydrogen-bond donors (Lipinski definition) is 0. The smallest absolute Gasteiger partial charge is 0.199 e. The highest BCUT2D eigenvalue weighted by Gasteiger charge is 2.48. The van der Waals surface area contributed by atoms with Gasteiger partial charge in [-0.2, -0.15) is 0 Å². The van der Waals surface area contributed by atoms with E-state index in [2.05, 4.69) is 82.8 Å². The van der Waals surface area contributed by atoms with Crippen molar-refractivity contribution in [3.63, 3.8) is 0 Å². The van der Waals surface area contributed by atoms with Gasteiger partial charge in [-0.15, -0.1) is 0 Å². The van der Waals surface area contributed by atoms with Crippen molar-refractivity contribution in [1.29, 1.82) is 0 Å². The quantitative estimate of drug-likeness (QED) is 0.852. The molecule has 0 aliphatic carbocycles. The van der Waals surface area contributed by atoms with E-state index in [0.717, 1.165) is 13.1 Å². The monoisotopic (exact) mass is 280 g/mol. The van der Waals surface area contributed by atoms with Gasteiger partial charge in [-0.3, -0.25) is 0 Å². The Bertz CT molecular complexity index is 554. The average molecular weight is 280 g/mol. The summed E-state index contributed by atoms with van der Waals surface area (Å²) < 4.78 is 0. The third kappa shape index (κ3) is 1.98. The number of hydrogen-bond acceptors (Lipinski definition) is 4. The molecular formula is C17H20N4. The molecule has 0 aromatic heterocycles. The molecule has 0 spiro atoms. The van der Waals surface area contributed by atoms with Crippen LogP contribution in [0.15, 0.2) is 71.1 Å². The maximum absolute atomic E-state index is 4.40. The zero-order valence-corrected chi connectivity index (χ0v) is 12.5. The van der Waals surface area contributed by atoms with Crippen molar-refractivity contribution >= 4 is 0 Å². The largest absolute Gasteiger partial charge is 0.242 e. The van der Waals surface area contributed by atoms with Gasteiger partial charge < -0.3 is 0 Å². The zero-order chi connectivity index (χ0) is 14.7. The Morgan fingerprint density at radius 1 is 0.714 bits per heavy atom. The molecule has 1 aliphatic heterocycles. The lowest BCUT2D eigenvalue weighted by Gasteiger charge is -2.41. The van der Waals surface area contributed by atoms with Crippen molar-refractivity contribution in [1.82, 2.24) is 10.0 Å². The maximum Gasteiger partial charge on any atom is 0.199 e. The van der Waals surface area contributed by atoms with Gasteiger partial charge in [-0.1, -0.05) is 71.1 Å². The first kappa shape index (κ1) is 13.6. The molecule has 4 nitrogen and oxygen atoms in total. The van der Waals surface area contributed by atoms with Crippen LogP contribution in [0.3, 0.4) is 0 Å². The molecule has 0 atom stereocenters. The van der Waals surface area contributed by atoms with Crippen molar-refractivity contribution < 1.29 is 0 Å². The third-order valence-corrected chi connectivity index (χ3v) is 3.95. The van der Waals surface area contributed by atoms with E-state index in [-0.39, 0.29) is 0 Å². The lowest BCUT2D eigenvalue weighted by molar-refractivity contribution is 0.0299. The molecule has 0 N–H and O–H groups in total. The SMILES string of the molecule is CCN1N=NN(CC)C1(c1ccccc1)c1ccccc1. The van der Waals surface area contributed by atoms with Gasteiger partial charge in [0.1, 0.15) is 0 Å². The molecule has 1 heterocycles. The molecule has 3 rings (SSSR count). The molecule has 0 saturated carbocycles. The molecular weight excluding hydrogens is 260 g/mol. The Kier molecular flexibility index (Phi) is 3.60. The second-order valence-corrected chi connectivity index (χ2v) is 5.01. The van der Waals surface area contributed by atoms with Crippen LogP contribution in [0.5, 0.6) is 0 Å². The van der Waals surface area contributed by atoms with Gasteiger partial charge in [0, 0.05) is 24.2 Å². The van der Waals surface area contributed by atoms with E-state index in [0.29, 0.717) is 0 Å². The van der Waals surface area contributed by atoms with Crippen LogP contribution in [0, 0.1) is 0 Å². The third-order valence-electron chi connectivity index (χ3n) is 3.95.